The predicted octanol–water partition coefficient (Wildman–Crippen LogP) is 1.51. The standard InChI is InChI=1S/C24H29BrN4O6S2/c1-36(32,33)28-13-19-7-8-20(14-28)29(19)23(30)15-27-10-2-3-22(24(27)31)26-37(34,35)21-9-5-16-11-18(25)6-4-17(16)12-21/h4-6,9,11-12,19-20,22,26H,2-3,7-8,10,13-15H2,1H3. The molecule has 0 aliphatic carbocycles. The maximum atomic E-state index is 13.2. The SMILES string of the molecule is CS(=O)(=O)N1CC2CCC(C1)N2C(=O)CN1CCCC(NS(=O)(=O)c2ccc3cc(Br)ccc3c2)C1=O. The van der Waals surface area contributed by atoms with Crippen molar-refractivity contribution in [2.24, 2.45) is 0 Å². The zero-order valence-electron chi connectivity index (χ0n) is 20.3. The first-order chi connectivity index (χ1) is 17.4. The van der Waals surface area contributed by atoms with E-state index in [0.29, 0.717) is 19.4 Å². The van der Waals surface area contributed by atoms with E-state index in [2.05, 4.69) is 20.7 Å². The van der Waals surface area contributed by atoms with Crippen LogP contribution in [0.4, 0.5) is 0 Å². The van der Waals surface area contributed by atoms with Gasteiger partial charge in [0.25, 0.3) is 0 Å². The van der Waals surface area contributed by atoms with Crippen LogP contribution in [0.1, 0.15) is 25.7 Å². The van der Waals surface area contributed by atoms with E-state index in [9.17, 15) is 26.4 Å². The van der Waals surface area contributed by atoms with E-state index in [1.807, 2.05) is 18.2 Å². The van der Waals surface area contributed by atoms with Gasteiger partial charge in [-0.25, -0.2) is 16.8 Å². The number of hydrogen-bond donors (Lipinski definition) is 1. The summed E-state index contributed by atoms with van der Waals surface area (Å²) in [5.74, 6) is -0.645. The summed E-state index contributed by atoms with van der Waals surface area (Å²) in [7, 11) is -7.30. The van der Waals surface area contributed by atoms with Crippen LogP contribution in [-0.4, -0.2) is 93.3 Å². The summed E-state index contributed by atoms with van der Waals surface area (Å²) in [6.45, 7) is 0.750. The number of rotatable bonds is 6. The summed E-state index contributed by atoms with van der Waals surface area (Å²) >= 11 is 3.40. The summed E-state index contributed by atoms with van der Waals surface area (Å²) in [6.07, 6.45) is 3.53. The number of sulfonamides is 2. The predicted molar refractivity (Wildman–Crippen MR) is 142 cm³/mol. The van der Waals surface area contributed by atoms with Crippen molar-refractivity contribution >= 4 is 58.6 Å². The van der Waals surface area contributed by atoms with Crippen molar-refractivity contribution in [3.63, 3.8) is 0 Å². The highest BCUT2D eigenvalue weighted by atomic mass is 79.9. The molecule has 3 aliphatic rings. The second-order valence-corrected chi connectivity index (χ2v) is 14.6. The molecule has 3 aliphatic heterocycles. The van der Waals surface area contributed by atoms with Gasteiger partial charge in [-0.1, -0.05) is 28.1 Å². The molecule has 2 aromatic carbocycles. The van der Waals surface area contributed by atoms with E-state index in [-0.39, 0.29) is 42.5 Å². The monoisotopic (exact) mass is 612 g/mol. The molecule has 2 bridgehead atoms. The fourth-order valence-corrected chi connectivity index (χ4v) is 8.13. The summed E-state index contributed by atoms with van der Waals surface area (Å²) in [4.78, 5) is 29.6. The number of hydrogen-bond acceptors (Lipinski definition) is 6. The maximum Gasteiger partial charge on any atom is 0.242 e. The van der Waals surface area contributed by atoms with Gasteiger partial charge in [-0.3, -0.25) is 9.59 Å². The number of benzene rings is 2. The molecule has 200 valence electrons. The first-order valence-corrected chi connectivity index (χ1v) is 16.3. The Hall–Kier alpha value is -2.06. The highest BCUT2D eigenvalue weighted by Gasteiger charge is 2.45. The number of nitrogens with one attached hydrogen (secondary N) is 1. The van der Waals surface area contributed by atoms with Crippen LogP contribution in [0.25, 0.3) is 10.8 Å². The molecule has 37 heavy (non-hydrogen) atoms. The quantitative estimate of drug-likeness (QED) is 0.527. The molecule has 3 saturated heterocycles. The number of halogens is 1. The molecule has 0 aromatic heterocycles. The molecular weight excluding hydrogens is 584 g/mol. The minimum atomic E-state index is -3.96. The van der Waals surface area contributed by atoms with Gasteiger partial charge in [0.15, 0.2) is 0 Å². The Labute approximate surface area is 225 Å². The minimum Gasteiger partial charge on any atom is -0.333 e. The first-order valence-electron chi connectivity index (χ1n) is 12.2. The van der Waals surface area contributed by atoms with Gasteiger partial charge in [0, 0.05) is 36.2 Å². The molecule has 10 nitrogen and oxygen atoms in total. The van der Waals surface area contributed by atoms with Gasteiger partial charge in [-0.2, -0.15) is 9.03 Å². The zero-order valence-corrected chi connectivity index (χ0v) is 23.6. The van der Waals surface area contributed by atoms with E-state index in [4.69, 9.17) is 0 Å². The average molecular weight is 614 g/mol. The molecule has 2 aromatic rings. The molecule has 0 radical (unpaired) electrons. The van der Waals surface area contributed by atoms with Crippen LogP contribution in [-0.2, 0) is 29.6 Å². The summed E-state index contributed by atoms with van der Waals surface area (Å²) in [5.41, 5.74) is 0. The van der Waals surface area contributed by atoms with E-state index in [1.54, 1.807) is 17.0 Å². The second kappa shape index (κ2) is 9.92. The van der Waals surface area contributed by atoms with Gasteiger partial charge >= 0.3 is 0 Å². The van der Waals surface area contributed by atoms with Crippen molar-refractivity contribution in [3.05, 3.63) is 40.9 Å². The van der Waals surface area contributed by atoms with Crippen LogP contribution in [0.3, 0.4) is 0 Å². The van der Waals surface area contributed by atoms with E-state index < -0.39 is 32.0 Å². The summed E-state index contributed by atoms with van der Waals surface area (Å²) < 4.78 is 55.1. The Morgan fingerprint density at radius 2 is 1.65 bits per heavy atom. The van der Waals surface area contributed by atoms with Gasteiger partial charge in [0.2, 0.25) is 31.9 Å². The van der Waals surface area contributed by atoms with Gasteiger partial charge in [0.05, 0.1) is 17.7 Å². The molecule has 5 rings (SSSR count). The molecule has 3 atom stereocenters. The molecule has 0 saturated carbocycles. The smallest absolute Gasteiger partial charge is 0.242 e. The summed E-state index contributed by atoms with van der Waals surface area (Å²) in [5, 5.41) is 1.65. The fourth-order valence-electron chi connectivity index (χ4n) is 5.61. The fraction of sp³-hybridized carbons (Fsp3) is 0.500. The van der Waals surface area contributed by atoms with Crippen molar-refractivity contribution in [1.29, 1.82) is 0 Å². The van der Waals surface area contributed by atoms with Crippen molar-refractivity contribution in [2.45, 2.75) is 48.7 Å². The molecule has 1 N–H and O–H groups in total. The number of nitrogens with zero attached hydrogens (tertiary/aromatic N) is 3. The molecular formula is C24H29BrN4O6S2. The number of amides is 2. The molecule has 13 heteroatoms. The van der Waals surface area contributed by atoms with E-state index in [1.165, 1.54) is 21.5 Å². The lowest BCUT2D eigenvalue weighted by Crippen LogP contribution is -2.60. The number of fused-ring (bicyclic) bond motifs is 3. The van der Waals surface area contributed by atoms with Crippen molar-refractivity contribution in [2.75, 3.05) is 32.4 Å². The molecule has 0 spiro atoms. The molecule has 3 fully saturated rings. The molecule has 2 amide bonds. The summed E-state index contributed by atoms with van der Waals surface area (Å²) in [6, 6.07) is 8.99. The van der Waals surface area contributed by atoms with Gasteiger partial charge in [-0.05, 0) is 60.7 Å². The molecule has 3 heterocycles. The van der Waals surface area contributed by atoms with Crippen molar-refractivity contribution < 1.29 is 26.4 Å². The zero-order chi connectivity index (χ0) is 26.5. The van der Waals surface area contributed by atoms with Crippen molar-refractivity contribution in [3.8, 4) is 0 Å². The van der Waals surface area contributed by atoms with Gasteiger partial charge in [0.1, 0.15) is 6.04 Å². The average Bonchev–Trinajstić information content (AvgIpc) is 3.09. The largest absolute Gasteiger partial charge is 0.333 e. The second-order valence-electron chi connectivity index (χ2n) is 10.00. The minimum absolute atomic E-state index is 0.0728. The third-order valence-corrected chi connectivity index (χ3v) is 10.6. The van der Waals surface area contributed by atoms with Crippen LogP contribution in [0.2, 0.25) is 0 Å². The maximum absolute atomic E-state index is 13.2. The third kappa shape index (κ3) is 5.42. The first kappa shape index (κ1) is 26.5. The number of carbonyl (C=O) groups is 2. The molecule has 3 unspecified atom stereocenters. The van der Waals surface area contributed by atoms with Gasteiger partial charge in [-0.15, -0.1) is 0 Å². The lowest BCUT2D eigenvalue weighted by molar-refractivity contribution is -0.145. The third-order valence-electron chi connectivity index (χ3n) is 7.44. The number of carbonyl (C=O) groups excluding carboxylic acids is 2. The van der Waals surface area contributed by atoms with Crippen molar-refractivity contribution in [1.82, 2.24) is 18.8 Å². The Morgan fingerprint density at radius 3 is 2.32 bits per heavy atom. The highest BCUT2D eigenvalue weighted by Crippen LogP contribution is 2.31. The van der Waals surface area contributed by atoms with Crippen LogP contribution >= 0.6 is 15.9 Å². The number of piperazine rings is 1. The Balaban J connectivity index is 1.26. The lowest BCUT2D eigenvalue weighted by Gasteiger charge is -2.41. The van der Waals surface area contributed by atoms with Crippen LogP contribution in [0.5, 0.6) is 0 Å². The van der Waals surface area contributed by atoms with E-state index in [0.717, 1.165) is 28.1 Å². The van der Waals surface area contributed by atoms with E-state index >= 15 is 0 Å². The van der Waals surface area contributed by atoms with Crippen LogP contribution < -0.4 is 4.72 Å². The topological polar surface area (TPSA) is 124 Å². The number of likely N-dealkylation sites (tertiary alicyclic amines) is 1. The van der Waals surface area contributed by atoms with Crippen LogP contribution in [0.15, 0.2) is 45.8 Å². The highest BCUT2D eigenvalue weighted by molar-refractivity contribution is 9.10. The Kier molecular flexibility index (Phi) is 7.11. The number of piperidine rings is 1. The lowest BCUT2D eigenvalue weighted by atomic mass is 10.1. The van der Waals surface area contributed by atoms with Crippen LogP contribution in [0, 0.1) is 0 Å². The Morgan fingerprint density at radius 1 is 1.00 bits per heavy atom. The Bertz CT molecular complexity index is 1450. The van der Waals surface area contributed by atoms with Gasteiger partial charge < -0.3 is 9.80 Å². The normalized spacial score (nSPS) is 25.1.